The first-order valence-corrected chi connectivity index (χ1v) is 11.1. The van der Waals surface area contributed by atoms with Crippen LogP contribution in [0.2, 0.25) is 0 Å². The summed E-state index contributed by atoms with van der Waals surface area (Å²) in [6.07, 6.45) is 0.396. The maximum Gasteiger partial charge on any atom is 0.279 e. The van der Waals surface area contributed by atoms with Crippen LogP contribution in [-0.4, -0.2) is 42.0 Å². The van der Waals surface area contributed by atoms with Gasteiger partial charge in [0.2, 0.25) is 11.8 Å². The number of hydrogen-bond acceptors (Lipinski definition) is 7. The van der Waals surface area contributed by atoms with Crippen LogP contribution in [0.25, 0.3) is 21.3 Å². The number of rotatable bonds is 7. The summed E-state index contributed by atoms with van der Waals surface area (Å²) >= 11 is 1.57. The average molecular weight is 430 g/mol. The maximum atomic E-state index is 11.7. The van der Waals surface area contributed by atoms with Gasteiger partial charge >= 0.3 is 0 Å². The zero-order valence-corrected chi connectivity index (χ0v) is 17.5. The first-order valence-electron chi connectivity index (χ1n) is 8.84. The zero-order valence-electron chi connectivity index (χ0n) is 15.9. The van der Waals surface area contributed by atoms with E-state index >= 15 is 0 Å². The molecule has 0 amide bonds. The molecule has 0 saturated carbocycles. The van der Waals surface area contributed by atoms with E-state index in [2.05, 4.69) is 44.2 Å². The van der Waals surface area contributed by atoms with Crippen molar-refractivity contribution in [3.8, 4) is 11.1 Å². The molecule has 0 spiro atoms. The van der Waals surface area contributed by atoms with Crippen LogP contribution in [0.4, 0.5) is 0 Å². The predicted molar refractivity (Wildman–Crippen MR) is 112 cm³/mol. The Labute approximate surface area is 172 Å². The second-order valence-electron chi connectivity index (χ2n) is 6.53. The van der Waals surface area contributed by atoms with E-state index in [-0.39, 0.29) is 12.4 Å². The molecule has 0 unspecified atom stereocenters. The fourth-order valence-corrected chi connectivity index (χ4v) is 4.26. The lowest BCUT2D eigenvalue weighted by Crippen LogP contribution is -2.35. The van der Waals surface area contributed by atoms with E-state index in [9.17, 15) is 8.42 Å². The van der Waals surface area contributed by atoms with Gasteiger partial charge < -0.3 is 4.42 Å². The van der Waals surface area contributed by atoms with Gasteiger partial charge in [-0.25, -0.2) is 4.98 Å². The van der Waals surface area contributed by atoms with Crippen LogP contribution in [0.3, 0.4) is 0 Å². The molecular weight excluding hydrogens is 410 g/mol. The van der Waals surface area contributed by atoms with Crippen molar-refractivity contribution in [1.82, 2.24) is 24.2 Å². The number of aromatic nitrogens is 3. The fourth-order valence-electron chi connectivity index (χ4n) is 2.70. The summed E-state index contributed by atoms with van der Waals surface area (Å²) in [5.74, 6) is 0.601. The first-order chi connectivity index (χ1) is 13.9. The first kappa shape index (κ1) is 19.6. The molecule has 1 N–H and O–H groups in total. The molecule has 2 aromatic carbocycles. The van der Waals surface area contributed by atoms with Crippen LogP contribution in [0, 0.1) is 0 Å². The van der Waals surface area contributed by atoms with E-state index in [1.54, 1.807) is 11.3 Å². The molecule has 0 aliphatic rings. The summed E-state index contributed by atoms with van der Waals surface area (Å²) < 4.78 is 33.6. The highest BCUT2D eigenvalue weighted by molar-refractivity contribution is 7.87. The number of thiazole rings is 1. The van der Waals surface area contributed by atoms with Crippen molar-refractivity contribution in [2.24, 2.45) is 0 Å². The molecule has 4 rings (SSSR count). The van der Waals surface area contributed by atoms with Crippen LogP contribution in [0.5, 0.6) is 0 Å². The van der Waals surface area contributed by atoms with Crippen molar-refractivity contribution >= 4 is 31.8 Å². The van der Waals surface area contributed by atoms with Crippen molar-refractivity contribution < 1.29 is 12.8 Å². The molecular formula is C19H19N5O3S2. The van der Waals surface area contributed by atoms with Gasteiger partial charge in [-0.2, -0.15) is 17.4 Å². The third kappa shape index (κ3) is 4.51. The minimum absolute atomic E-state index is 0.0617. The largest absolute Gasteiger partial charge is 0.423 e. The molecule has 0 saturated heterocycles. The Morgan fingerprint density at radius 3 is 2.55 bits per heavy atom. The Kier molecular flexibility index (Phi) is 5.41. The van der Waals surface area contributed by atoms with Crippen LogP contribution >= 0.6 is 11.3 Å². The Morgan fingerprint density at radius 2 is 1.79 bits per heavy atom. The standard InChI is InChI=1S/C19H19N5O3S2/c1-24(2)29(25,26)20-12-18-23-22-17(27-18)11-19-21-15-9-8-14(10-16(15)28-19)13-6-4-3-5-7-13/h3-10,20H,11-12H2,1-2H3. The number of nitrogens with zero attached hydrogens (tertiary/aromatic N) is 4. The molecule has 0 aliphatic carbocycles. The Hall–Kier alpha value is -2.66. The van der Waals surface area contributed by atoms with Crippen molar-refractivity contribution in [1.29, 1.82) is 0 Å². The van der Waals surface area contributed by atoms with Crippen molar-refractivity contribution in [3.63, 3.8) is 0 Å². The van der Waals surface area contributed by atoms with E-state index in [0.29, 0.717) is 12.3 Å². The molecule has 4 aromatic rings. The summed E-state index contributed by atoms with van der Waals surface area (Å²) in [6, 6.07) is 16.4. The molecule has 0 atom stereocenters. The minimum Gasteiger partial charge on any atom is -0.423 e. The second kappa shape index (κ2) is 7.99. The van der Waals surface area contributed by atoms with Crippen molar-refractivity contribution in [2.45, 2.75) is 13.0 Å². The molecule has 8 nitrogen and oxygen atoms in total. The highest BCUT2D eigenvalue weighted by atomic mass is 32.2. The third-order valence-corrected chi connectivity index (χ3v) is 6.73. The van der Waals surface area contributed by atoms with Gasteiger partial charge in [-0.3, -0.25) is 0 Å². The Bertz CT molecular complexity index is 1230. The van der Waals surface area contributed by atoms with Gasteiger partial charge in [-0.15, -0.1) is 21.5 Å². The second-order valence-corrected chi connectivity index (χ2v) is 9.62. The quantitative estimate of drug-likeness (QED) is 0.485. The van der Waals surface area contributed by atoms with Gasteiger partial charge in [-0.05, 0) is 23.3 Å². The smallest absolute Gasteiger partial charge is 0.279 e. The summed E-state index contributed by atoms with van der Waals surface area (Å²) in [7, 11) is -0.660. The van der Waals surface area contributed by atoms with E-state index in [1.807, 2.05) is 24.3 Å². The number of benzene rings is 2. The summed E-state index contributed by atoms with van der Waals surface area (Å²) in [5.41, 5.74) is 3.22. The molecule has 0 fully saturated rings. The average Bonchev–Trinajstić information content (AvgIpc) is 3.32. The zero-order chi connectivity index (χ0) is 20.4. The van der Waals surface area contributed by atoms with E-state index < -0.39 is 10.2 Å². The number of hydrogen-bond donors (Lipinski definition) is 1. The molecule has 150 valence electrons. The number of nitrogens with one attached hydrogen (secondary N) is 1. The predicted octanol–water partition coefficient (Wildman–Crippen LogP) is 2.83. The third-order valence-electron chi connectivity index (χ3n) is 4.24. The molecule has 2 heterocycles. The molecule has 10 heteroatoms. The summed E-state index contributed by atoms with van der Waals surface area (Å²) in [6.45, 7) is -0.0617. The van der Waals surface area contributed by atoms with Crippen LogP contribution in [-0.2, 0) is 23.2 Å². The van der Waals surface area contributed by atoms with E-state index in [0.717, 1.165) is 30.7 Å². The van der Waals surface area contributed by atoms with Gasteiger partial charge in [0.1, 0.15) is 5.01 Å². The monoisotopic (exact) mass is 429 g/mol. The topological polar surface area (TPSA) is 101 Å². The maximum absolute atomic E-state index is 11.7. The van der Waals surface area contributed by atoms with Gasteiger partial charge in [0.25, 0.3) is 10.2 Å². The van der Waals surface area contributed by atoms with Gasteiger partial charge in [-0.1, -0.05) is 36.4 Å². The fraction of sp³-hybridized carbons (Fsp3) is 0.211. The summed E-state index contributed by atoms with van der Waals surface area (Å²) in [5, 5.41) is 8.75. The molecule has 29 heavy (non-hydrogen) atoms. The Balaban J connectivity index is 1.48. The highest BCUT2D eigenvalue weighted by Gasteiger charge is 2.16. The lowest BCUT2D eigenvalue weighted by atomic mass is 10.1. The van der Waals surface area contributed by atoms with Crippen molar-refractivity contribution in [2.75, 3.05) is 14.1 Å². The summed E-state index contributed by atoms with van der Waals surface area (Å²) in [4.78, 5) is 4.63. The van der Waals surface area contributed by atoms with Crippen LogP contribution in [0.15, 0.2) is 52.9 Å². The molecule has 2 aromatic heterocycles. The van der Waals surface area contributed by atoms with Gasteiger partial charge in [0.05, 0.1) is 23.2 Å². The lowest BCUT2D eigenvalue weighted by Gasteiger charge is -2.10. The van der Waals surface area contributed by atoms with E-state index in [1.165, 1.54) is 14.1 Å². The molecule has 0 radical (unpaired) electrons. The normalized spacial score (nSPS) is 12.1. The van der Waals surface area contributed by atoms with Gasteiger partial charge in [0, 0.05) is 14.1 Å². The SMILES string of the molecule is CN(C)S(=O)(=O)NCc1nnc(Cc2nc3ccc(-c4ccccc4)cc3s2)o1. The number of fused-ring (bicyclic) bond motifs is 1. The van der Waals surface area contributed by atoms with Crippen LogP contribution in [0.1, 0.15) is 16.8 Å². The minimum atomic E-state index is -3.55. The van der Waals surface area contributed by atoms with Crippen molar-refractivity contribution in [3.05, 3.63) is 65.3 Å². The van der Waals surface area contributed by atoms with Gasteiger partial charge in [0.15, 0.2) is 0 Å². The van der Waals surface area contributed by atoms with E-state index in [4.69, 9.17) is 4.42 Å². The Morgan fingerprint density at radius 1 is 1.03 bits per heavy atom. The highest BCUT2D eigenvalue weighted by Crippen LogP contribution is 2.29. The van der Waals surface area contributed by atoms with Crippen LogP contribution < -0.4 is 4.72 Å². The molecule has 0 aliphatic heterocycles. The lowest BCUT2D eigenvalue weighted by molar-refractivity contribution is 0.444. The molecule has 0 bridgehead atoms.